The van der Waals surface area contributed by atoms with Crippen molar-refractivity contribution in [3.8, 4) is 0 Å². The van der Waals surface area contributed by atoms with Gasteiger partial charge in [0.15, 0.2) is 0 Å². The molecule has 0 atom stereocenters. The molecule has 0 N–H and O–H groups in total. The average Bonchev–Trinajstić information content (AvgIpc) is 2.26. The van der Waals surface area contributed by atoms with Crippen LogP contribution in [0.2, 0.25) is 0 Å². The van der Waals surface area contributed by atoms with Gasteiger partial charge in [-0.1, -0.05) is 18.2 Å². The molecule has 0 saturated heterocycles. The number of benzene rings is 1. The standard InChI is InChI=1S/C8H17NO2Si3/c1-2-9(13-11-14-10-12)8-6-4-3-5-7-8/h3-7H,2,13-14H2,1,12H3. The fourth-order valence-electron chi connectivity index (χ4n) is 1.22. The van der Waals surface area contributed by atoms with Crippen LogP contribution in [0.15, 0.2) is 30.3 Å². The number of hydrogen-bond donors (Lipinski definition) is 0. The van der Waals surface area contributed by atoms with Gasteiger partial charge >= 0.3 is 0 Å². The number of rotatable bonds is 6. The molecular formula is C8H17NO2Si3. The lowest BCUT2D eigenvalue weighted by atomic mass is 10.3. The Labute approximate surface area is 93.0 Å². The van der Waals surface area contributed by atoms with Gasteiger partial charge < -0.3 is 12.8 Å². The lowest BCUT2D eigenvalue weighted by Crippen LogP contribution is -2.30. The summed E-state index contributed by atoms with van der Waals surface area (Å²) >= 11 is 0. The van der Waals surface area contributed by atoms with Crippen LogP contribution in [0.4, 0.5) is 5.69 Å². The fraction of sp³-hybridized carbons (Fsp3) is 0.250. The zero-order chi connectivity index (χ0) is 10.2. The molecule has 0 aliphatic rings. The van der Waals surface area contributed by atoms with Gasteiger partial charge in [-0.05, 0) is 19.1 Å². The zero-order valence-electron chi connectivity index (χ0n) is 8.77. The van der Waals surface area contributed by atoms with Gasteiger partial charge in [-0.25, -0.2) is 0 Å². The molecule has 1 rings (SSSR count). The third kappa shape index (κ3) is 3.76. The molecule has 0 aromatic heterocycles. The minimum atomic E-state index is -0.654. The Bertz CT molecular complexity index is 248. The highest BCUT2D eigenvalue weighted by Gasteiger charge is 2.02. The molecule has 0 saturated carbocycles. The molecule has 0 bridgehead atoms. The van der Waals surface area contributed by atoms with Crippen molar-refractivity contribution in [3.05, 3.63) is 30.3 Å². The highest BCUT2D eigenvalue weighted by molar-refractivity contribution is 6.44. The van der Waals surface area contributed by atoms with Gasteiger partial charge in [0.25, 0.3) is 19.9 Å². The normalized spacial score (nSPS) is 12.1. The number of nitrogens with zero attached hydrogens (tertiary/aromatic N) is 1. The Morgan fingerprint density at radius 2 is 2.07 bits per heavy atom. The minimum Gasteiger partial charge on any atom is -0.449 e. The predicted octanol–water partition coefficient (Wildman–Crippen LogP) is -1.18. The van der Waals surface area contributed by atoms with E-state index < -0.39 is 19.9 Å². The second-order valence-electron chi connectivity index (χ2n) is 2.93. The summed E-state index contributed by atoms with van der Waals surface area (Å²) in [5.41, 5.74) is 1.27. The maximum Gasteiger partial charge on any atom is 0.284 e. The topological polar surface area (TPSA) is 21.7 Å². The molecule has 0 fully saturated rings. The van der Waals surface area contributed by atoms with E-state index in [0.29, 0.717) is 0 Å². The molecule has 0 amide bonds. The quantitative estimate of drug-likeness (QED) is 0.464. The predicted molar refractivity (Wildman–Crippen MR) is 68.7 cm³/mol. The van der Waals surface area contributed by atoms with Gasteiger partial charge in [-0.3, -0.25) is 0 Å². The average molecular weight is 243 g/mol. The van der Waals surface area contributed by atoms with Gasteiger partial charge in [-0.15, -0.1) is 0 Å². The van der Waals surface area contributed by atoms with E-state index in [1.807, 2.05) is 6.07 Å². The third-order valence-electron chi connectivity index (χ3n) is 1.95. The number of anilines is 1. The maximum absolute atomic E-state index is 5.61. The molecule has 0 radical (unpaired) electrons. The summed E-state index contributed by atoms with van der Waals surface area (Å²) in [5.74, 6) is 0. The van der Waals surface area contributed by atoms with E-state index in [2.05, 4.69) is 35.8 Å². The molecule has 78 valence electrons. The monoisotopic (exact) mass is 243 g/mol. The molecule has 3 nitrogen and oxygen atoms in total. The molecule has 0 aliphatic heterocycles. The first-order valence-corrected chi connectivity index (χ1v) is 7.93. The summed E-state index contributed by atoms with van der Waals surface area (Å²) in [5, 5.41) is 0. The van der Waals surface area contributed by atoms with Gasteiger partial charge in [0.05, 0.1) is 0 Å². The molecule has 0 unspecified atom stereocenters. The van der Waals surface area contributed by atoms with Crippen molar-refractivity contribution in [2.45, 2.75) is 6.92 Å². The van der Waals surface area contributed by atoms with Crippen molar-refractivity contribution < 1.29 is 8.23 Å². The molecule has 0 aliphatic carbocycles. The lowest BCUT2D eigenvalue weighted by Gasteiger charge is -2.22. The molecule has 0 spiro atoms. The van der Waals surface area contributed by atoms with Crippen LogP contribution in [0, 0.1) is 0 Å². The van der Waals surface area contributed by atoms with Crippen LogP contribution in [0.1, 0.15) is 6.92 Å². The summed E-state index contributed by atoms with van der Waals surface area (Å²) in [6.45, 7) is 3.18. The first kappa shape index (κ1) is 11.7. The van der Waals surface area contributed by atoms with Crippen molar-refractivity contribution >= 4 is 36.1 Å². The Morgan fingerprint density at radius 3 is 2.64 bits per heavy atom. The van der Waals surface area contributed by atoms with E-state index >= 15 is 0 Å². The number of hydrogen-bond acceptors (Lipinski definition) is 3. The van der Waals surface area contributed by atoms with E-state index in [1.165, 1.54) is 5.69 Å². The first-order valence-electron chi connectivity index (χ1n) is 4.75. The van der Waals surface area contributed by atoms with Gasteiger partial charge in [0.2, 0.25) is 0 Å². The van der Waals surface area contributed by atoms with Crippen LogP contribution in [0.3, 0.4) is 0 Å². The Hall–Kier alpha value is -0.409. The second-order valence-corrected chi connectivity index (χ2v) is 8.13. The molecule has 0 heterocycles. The van der Waals surface area contributed by atoms with Gasteiger partial charge in [0, 0.05) is 12.2 Å². The van der Waals surface area contributed by atoms with Crippen LogP contribution in [0.5, 0.6) is 0 Å². The maximum atomic E-state index is 5.61. The van der Waals surface area contributed by atoms with Gasteiger partial charge in [-0.2, -0.15) is 0 Å². The lowest BCUT2D eigenvalue weighted by molar-refractivity contribution is 0.500. The van der Waals surface area contributed by atoms with E-state index in [9.17, 15) is 0 Å². The Kier molecular flexibility index (Phi) is 5.80. The summed E-state index contributed by atoms with van der Waals surface area (Å²) in [6, 6.07) is 10.4. The summed E-state index contributed by atoms with van der Waals surface area (Å²) in [6.07, 6.45) is 0. The summed E-state index contributed by atoms with van der Waals surface area (Å²) in [7, 11) is -0.434. The minimum absolute atomic E-state index is 0.592. The molecule has 1 aromatic carbocycles. The van der Waals surface area contributed by atoms with Crippen molar-refractivity contribution in [2.24, 2.45) is 0 Å². The largest absolute Gasteiger partial charge is 0.449 e. The second kappa shape index (κ2) is 6.96. The highest BCUT2D eigenvalue weighted by atomic mass is 28.3. The van der Waals surface area contributed by atoms with E-state index in [4.69, 9.17) is 8.23 Å². The fourth-order valence-corrected chi connectivity index (χ4v) is 5.11. The SMILES string of the molecule is CCN([SiH2]O[SiH2]O[SiH3])c1ccccc1. The van der Waals surface area contributed by atoms with E-state index in [-0.39, 0.29) is 0 Å². The molecular weight excluding hydrogens is 226 g/mol. The van der Waals surface area contributed by atoms with Crippen LogP contribution in [0.25, 0.3) is 0 Å². The van der Waals surface area contributed by atoms with Crippen LogP contribution in [-0.2, 0) is 8.23 Å². The molecule has 6 heteroatoms. The smallest absolute Gasteiger partial charge is 0.284 e. The first-order chi connectivity index (χ1) is 6.88. The Morgan fingerprint density at radius 1 is 1.36 bits per heavy atom. The van der Waals surface area contributed by atoms with Crippen molar-refractivity contribution in [1.82, 2.24) is 0 Å². The zero-order valence-corrected chi connectivity index (χ0v) is 13.6. The van der Waals surface area contributed by atoms with E-state index in [1.54, 1.807) is 0 Å². The van der Waals surface area contributed by atoms with Crippen LogP contribution in [-0.4, -0.2) is 37.0 Å². The van der Waals surface area contributed by atoms with Crippen molar-refractivity contribution in [1.29, 1.82) is 0 Å². The van der Waals surface area contributed by atoms with Crippen molar-refractivity contribution in [3.63, 3.8) is 0 Å². The number of para-hydroxylation sites is 1. The Balaban J connectivity index is 2.46. The third-order valence-corrected chi connectivity index (χ3v) is 5.42. The van der Waals surface area contributed by atoms with E-state index in [0.717, 1.165) is 17.0 Å². The van der Waals surface area contributed by atoms with Crippen molar-refractivity contribution in [2.75, 3.05) is 11.1 Å². The summed E-state index contributed by atoms with van der Waals surface area (Å²) in [4.78, 5) is 0. The molecule has 1 aromatic rings. The van der Waals surface area contributed by atoms with Gasteiger partial charge in [0.1, 0.15) is 10.5 Å². The highest BCUT2D eigenvalue weighted by Crippen LogP contribution is 2.10. The van der Waals surface area contributed by atoms with Crippen LogP contribution < -0.4 is 4.57 Å². The van der Waals surface area contributed by atoms with Crippen LogP contribution >= 0.6 is 0 Å². The molecule has 14 heavy (non-hydrogen) atoms. The summed E-state index contributed by atoms with van der Waals surface area (Å²) < 4.78 is 13.1.